The van der Waals surface area contributed by atoms with Crippen LogP contribution in [0.25, 0.3) is 0 Å². The van der Waals surface area contributed by atoms with E-state index >= 15 is 0 Å². The topological polar surface area (TPSA) is 33.2 Å². The van der Waals surface area contributed by atoms with E-state index in [-0.39, 0.29) is 5.56 Å². The molecule has 0 bridgehead atoms. The molecule has 1 heterocycles. The number of pyridine rings is 1. The van der Waals surface area contributed by atoms with Crippen molar-refractivity contribution in [1.82, 2.24) is 9.88 Å². The molecule has 0 aliphatic carbocycles. The van der Waals surface area contributed by atoms with Crippen LogP contribution < -0.4 is 0 Å². The van der Waals surface area contributed by atoms with Crippen molar-refractivity contribution >= 4 is 5.91 Å². The Bertz CT molecular complexity index is 676. The van der Waals surface area contributed by atoms with Crippen LogP contribution >= 0.6 is 0 Å². The summed E-state index contributed by atoms with van der Waals surface area (Å²) in [6.07, 6.45) is 1.24. The fourth-order valence-electron chi connectivity index (χ4n) is 1.91. The number of carbonyl (C=O) groups excluding carboxylic acids is 1. The molecule has 0 fully saturated rings. The Morgan fingerprint density at radius 3 is 2.52 bits per heavy atom. The summed E-state index contributed by atoms with van der Waals surface area (Å²) < 4.78 is 39.7. The molecule has 6 heteroatoms. The van der Waals surface area contributed by atoms with Gasteiger partial charge in [-0.2, -0.15) is 4.39 Å². The summed E-state index contributed by atoms with van der Waals surface area (Å²) in [5, 5.41) is 0. The van der Waals surface area contributed by atoms with Gasteiger partial charge in [0, 0.05) is 13.2 Å². The van der Waals surface area contributed by atoms with Crippen LogP contribution in [0, 0.1) is 17.6 Å². The van der Waals surface area contributed by atoms with E-state index in [0.717, 1.165) is 12.1 Å². The lowest BCUT2D eigenvalue weighted by molar-refractivity contribution is 0.0736. The number of hydrogen-bond donors (Lipinski definition) is 0. The molecule has 1 unspecified atom stereocenters. The van der Waals surface area contributed by atoms with E-state index in [1.165, 1.54) is 36.3 Å². The van der Waals surface area contributed by atoms with Crippen molar-refractivity contribution in [2.75, 3.05) is 7.05 Å². The number of hydrogen-bond acceptors (Lipinski definition) is 2. The normalized spacial score (nSPS) is 12.0. The van der Waals surface area contributed by atoms with E-state index in [9.17, 15) is 18.0 Å². The lowest BCUT2D eigenvalue weighted by Crippen LogP contribution is -2.30. The summed E-state index contributed by atoms with van der Waals surface area (Å²) in [5.41, 5.74) is 0.239. The van der Waals surface area contributed by atoms with E-state index in [2.05, 4.69) is 4.98 Å². The Hall–Kier alpha value is -2.37. The highest BCUT2D eigenvalue weighted by molar-refractivity contribution is 5.94. The Balaban J connectivity index is 2.26. The monoisotopic (exact) mass is 294 g/mol. The van der Waals surface area contributed by atoms with Gasteiger partial charge in [-0.05, 0) is 36.8 Å². The first-order chi connectivity index (χ1) is 9.91. The number of aromatic nitrogens is 1. The fourth-order valence-corrected chi connectivity index (χ4v) is 1.91. The van der Waals surface area contributed by atoms with E-state index in [1.807, 2.05) is 0 Å². The Kier molecular flexibility index (Phi) is 4.26. The molecule has 1 aromatic carbocycles. The maximum atomic E-state index is 13.5. The zero-order valence-corrected chi connectivity index (χ0v) is 11.5. The molecule has 1 atom stereocenters. The molecule has 2 aromatic rings. The van der Waals surface area contributed by atoms with Crippen LogP contribution in [0.1, 0.15) is 28.9 Å². The largest absolute Gasteiger partial charge is 0.335 e. The van der Waals surface area contributed by atoms with E-state index in [0.29, 0.717) is 5.56 Å². The second kappa shape index (κ2) is 5.95. The Morgan fingerprint density at radius 1 is 1.19 bits per heavy atom. The maximum Gasteiger partial charge on any atom is 0.258 e. The highest BCUT2D eigenvalue weighted by Gasteiger charge is 2.22. The molecule has 2 rings (SSSR count). The zero-order chi connectivity index (χ0) is 15.6. The van der Waals surface area contributed by atoms with Gasteiger partial charge < -0.3 is 4.90 Å². The average molecular weight is 294 g/mol. The third-order valence-electron chi connectivity index (χ3n) is 3.32. The molecule has 1 aromatic heterocycles. The number of benzene rings is 1. The Labute approximate surface area is 120 Å². The van der Waals surface area contributed by atoms with Gasteiger partial charge in [-0.1, -0.05) is 6.07 Å². The molecule has 1 amide bonds. The van der Waals surface area contributed by atoms with Crippen LogP contribution in [0.5, 0.6) is 0 Å². The summed E-state index contributed by atoms with van der Waals surface area (Å²) in [6, 6.07) is 5.61. The first kappa shape index (κ1) is 15.0. The number of nitrogens with zero attached hydrogens (tertiary/aromatic N) is 2. The van der Waals surface area contributed by atoms with Crippen LogP contribution in [0.4, 0.5) is 13.2 Å². The van der Waals surface area contributed by atoms with Crippen LogP contribution in [0.15, 0.2) is 36.5 Å². The lowest BCUT2D eigenvalue weighted by atomic mass is 10.1. The van der Waals surface area contributed by atoms with Gasteiger partial charge in [0.1, 0.15) is 0 Å². The van der Waals surface area contributed by atoms with Gasteiger partial charge in [0.05, 0.1) is 11.6 Å². The first-order valence-corrected chi connectivity index (χ1v) is 6.24. The van der Waals surface area contributed by atoms with E-state index in [1.54, 1.807) is 6.92 Å². The molecule has 110 valence electrons. The van der Waals surface area contributed by atoms with Crippen molar-refractivity contribution in [2.45, 2.75) is 13.0 Å². The second-order valence-electron chi connectivity index (χ2n) is 4.61. The van der Waals surface area contributed by atoms with Gasteiger partial charge in [0.15, 0.2) is 11.6 Å². The van der Waals surface area contributed by atoms with Crippen LogP contribution in [0.2, 0.25) is 0 Å². The van der Waals surface area contributed by atoms with Crippen molar-refractivity contribution in [3.8, 4) is 0 Å². The minimum absolute atomic E-state index is 0.172. The molecular weight excluding hydrogens is 281 g/mol. The summed E-state index contributed by atoms with van der Waals surface area (Å²) in [6.45, 7) is 1.64. The zero-order valence-electron chi connectivity index (χ0n) is 11.5. The summed E-state index contributed by atoms with van der Waals surface area (Å²) in [7, 11) is 1.46. The molecule has 0 radical (unpaired) electrons. The molecular formula is C15H13F3N2O. The van der Waals surface area contributed by atoms with Crippen molar-refractivity contribution in [1.29, 1.82) is 0 Å². The fraction of sp³-hybridized carbons (Fsp3) is 0.200. The number of rotatable bonds is 3. The van der Waals surface area contributed by atoms with Crippen molar-refractivity contribution in [3.05, 3.63) is 65.2 Å². The predicted molar refractivity (Wildman–Crippen MR) is 71.1 cm³/mol. The van der Waals surface area contributed by atoms with E-state index < -0.39 is 29.5 Å². The molecule has 0 saturated carbocycles. The quantitative estimate of drug-likeness (QED) is 0.814. The van der Waals surface area contributed by atoms with Crippen molar-refractivity contribution < 1.29 is 18.0 Å². The van der Waals surface area contributed by atoms with E-state index in [4.69, 9.17) is 0 Å². The van der Waals surface area contributed by atoms with Crippen molar-refractivity contribution in [2.24, 2.45) is 0 Å². The highest BCUT2D eigenvalue weighted by atomic mass is 19.2. The molecule has 0 N–H and O–H groups in total. The summed E-state index contributed by atoms with van der Waals surface area (Å²) >= 11 is 0. The minimum Gasteiger partial charge on any atom is -0.335 e. The van der Waals surface area contributed by atoms with Crippen molar-refractivity contribution in [3.63, 3.8) is 0 Å². The van der Waals surface area contributed by atoms with Crippen LogP contribution in [0.3, 0.4) is 0 Å². The molecule has 0 aliphatic heterocycles. The van der Waals surface area contributed by atoms with Gasteiger partial charge in [-0.15, -0.1) is 0 Å². The average Bonchev–Trinajstić information content (AvgIpc) is 2.48. The van der Waals surface area contributed by atoms with Gasteiger partial charge in [0.2, 0.25) is 5.95 Å². The number of halogens is 3. The standard InChI is InChI=1S/C15H13F3N2O/c1-9(10-5-6-12(16)13(17)8-10)20(2)15(21)11-4-3-7-19-14(11)18/h3-9H,1-2H3. The third-order valence-corrected chi connectivity index (χ3v) is 3.32. The molecule has 3 nitrogen and oxygen atoms in total. The van der Waals surface area contributed by atoms with Gasteiger partial charge >= 0.3 is 0 Å². The summed E-state index contributed by atoms with van der Waals surface area (Å²) in [5.74, 6) is -3.41. The third kappa shape index (κ3) is 3.04. The summed E-state index contributed by atoms with van der Waals surface area (Å²) in [4.78, 5) is 16.9. The van der Waals surface area contributed by atoms with Gasteiger partial charge in [0.25, 0.3) is 5.91 Å². The SMILES string of the molecule is CC(c1ccc(F)c(F)c1)N(C)C(=O)c1cccnc1F. The molecule has 21 heavy (non-hydrogen) atoms. The Morgan fingerprint density at radius 2 is 1.90 bits per heavy atom. The smallest absolute Gasteiger partial charge is 0.258 e. The predicted octanol–water partition coefficient (Wildman–Crippen LogP) is 3.33. The van der Waals surface area contributed by atoms with Crippen LogP contribution in [-0.4, -0.2) is 22.8 Å². The number of carbonyl (C=O) groups is 1. The first-order valence-electron chi connectivity index (χ1n) is 6.24. The second-order valence-corrected chi connectivity index (χ2v) is 4.61. The minimum atomic E-state index is -0.993. The lowest BCUT2D eigenvalue weighted by Gasteiger charge is -2.25. The molecule has 0 aliphatic rings. The number of amides is 1. The molecule has 0 saturated heterocycles. The highest BCUT2D eigenvalue weighted by Crippen LogP contribution is 2.22. The van der Waals surface area contributed by atoms with Gasteiger partial charge in [-0.25, -0.2) is 13.8 Å². The van der Waals surface area contributed by atoms with Crippen LogP contribution in [-0.2, 0) is 0 Å². The molecule has 0 spiro atoms. The maximum absolute atomic E-state index is 13.5. The van der Waals surface area contributed by atoms with Gasteiger partial charge in [-0.3, -0.25) is 4.79 Å².